The maximum Gasteiger partial charge on any atom is 0.254 e. The van der Waals surface area contributed by atoms with Gasteiger partial charge in [0.1, 0.15) is 18.7 Å². The van der Waals surface area contributed by atoms with Crippen LogP contribution in [-0.2, 0) is 13.0 Å². The lowest BCUT2D eigenvalue weighted by Crippen LogP contribution is -2.42. The van der Waals surface area contributed by atoms with E-state index in [-0.39, 0.29) is 18.0 Å². The second-order valence-electron chi connectivity index (χ2n) is 7.39. The van der Waals surface area contributed by atoms with E-state index in [1.165, 1.54) is 0 Å². The number of fused-ring (bicyclic) bond motifs is 4. The molecular formula is C23H21N3O2. The van der Waals surface area contributed by atoms with Gasteiger partial charge >= 0.3 is 0 Å². The third-order valence-corrected chi connectivity index (χ3v) is 5.68. The van der Waals surface area contributed by atoms with Crippen molar-refractivity contribution in [3.05, 3.63) is 89.5 Å². The molecule has 2 bridgehead atoms. The van der Waals surface area contributed by atoms with E-state index in [2.05, 4.69) is 9.97 Å². The smallest absolute Gasteiger partial charge is 0.254 e. The van der Waals surface area contributed by atoms with Crippen LogP contribution in [0.3, 0.4) is 0 Å². The molecule has 5 heteroatoms. The minimum Gasteiger partial charge on any atom is -0.489 e. The van der Waals surface area contributed by atoms with Crippen LogP contribution in [0.25, 0.3) is 0 Å². The van der Waals surface area contributed by atoms with Crippen molar-refractivity contribution in [2.75, 3.05) is 0 Å². The number of nitrogens with zero attached hydrogens (tertiary/aromatic N) is 3. The van der Waals surface area contributed by atoms with Crippen LogP contribution in [0.2, 0.25) is 0 Å². The van der Waals surface area contributed by atoms with Gasteiger partial charge in [-0.15, -0.1) is 0 Å². The van der Waals surface area contributed by atoms with Crippen molar-refractivity contribution >= 4 is 5.91 Å². The van der Waals surface area contributed by atoms with Crippen molar-refractivity contribution in [2.45, 2.75) is 38.0 Å². The maximum atomic E-state index is 13.3. The van der Waals surface area contributed by atoms with E-state index in [1.54, 1.807) is 6.33 Å². The molecule has 0 saturated carbocycles. The summed E-state index contributed by atoms with van der Waals surface area (Å²) in [5, 5.41) is 0. The van der Waals surface area contributed by atoms with Crippen LogP contribution in [0.4, 0.5) is 0 Å². The number of carbonyl (C=O) groups excluding carboxylic acids is 1. The monoisotopic (exact) mass is 371 g/mol. The van der Waals surface area contributed by atoms with E-state index in [1.807, 2.05) is 65.7 Å². The topological polar surface area (TPSA) is 55.3 Å². The molecule has 0 aliphatic carbocycles. The highest BCUT2D eigenvalue weighted by atomic mass is 16.5. The normalized spacial score (nSPS) is 19.9. The Morgan fingerprint density at radius 1 is 1.11 bits per heavy atom. The van der Waals surface area contributed by atoms with E-state index in [0.29, 0.717) is 17.9 Å². The summed E-state index contributed by atoms with van der Waals surface area (Å²) in [5.41, 5.74) is 3.96. The summed E-state index contributed by atoms with van der Waals surface area (Å²) in [6, 6.07) is 17.8. The van der Waals surface area contributed by atoms with Crippen molar-refractivity contribution in [1.29, 1.82) is 0 Å². The summed E-state index contributed by atoms with van der Waals surface area (Å²) in [5.74, 6) is 0.773. The predicted molar refractivity (Wildman–Crippen MR) is 105 cm³/mol. The Labute approximate surface area is 164 Å². The quantitative estimate of drug-likeness (QED) is 0.697. The standard InChI is InChI=1S/C23H21N3O2/c27-23(26-18-9-10-22(26)20-13-24-15-25-21(20)12-18)17-7-4-8-19(11-17)28-14-16-5-2-1-3-6-16/h1-8,11,13,15,18,22H,9-10,12,14H2. The molecule has 1 aromatic heterocycles. The SMILES string of the molecule is O=C(c1cccc(OCc2ccccc2)c1)N1C2CCC1c1cncnc1C2. The second-order valence-corrected chi connectivity index (χ2v) is 7.39. The first-order valence-corrected chi connectivity index (χ1v) is 9.68. The van der Waals surface area contributed by atoms with E-state index in [4.69, 9.17) is 4.74 Å². The molecule has 5 rings (SSSR count). The summed E-state index contributed by atoms with van der Waals surface area (Å²) in [6.45, 7) is 0.484. The molecule has 2 unspecified atom stereocenters. The predicted octanol–water partition coefficient (Wildman–Crippen LogP) is 3.96. The molecule has 5 nitrogen and oxygen atoms in total. The molecule has 2 aromatic carbocycles. The Kier molecular flexibility index (Phi) is 4.28. The summed E-state index contributed by atoms with van der Waals surface area (Å²) >= 11 is 0. The van der Waals surface area contributed by atoms with Crippen LogP contribution >= 0.6 is 0 Å². The first kappa shape index (κ1) is 16.9. The van der Waals surface area contributed by atoms with Gasteiger partial charge in [0.15, 0.2) is 0 Å². The van der Waals surface area contributed by atoms with Crippen LogP contribution in [0, 0.1) is 0 Å². The third kappa shape index (κ3) is 3.03. The van der Waals surface area contributed by atoms with Crippen molar-refractivity contribution in [3.8, 4) is 5.75 Å². The summed E-state index contributed by atoms with van der Waals surface area (Å²) in [6.07, 6.45) is 6.26. The van der Waals surface area contributed by atoms with Gasteiger partial charge in [-0.25, -0.2) is 9.97 Å². The maximum absolute atomic E-state index is 13.3. The fourth-order valence-corrected chi connectivity index (χ4v) is 4.34. The number of aromatic nitrogens is 2. The van der Waals surface area contributed by atoms with Gasteiger partial charge in [-0.2, -0.15) is 0 Å². The molecule has 3 heterocycles. The summed E-state index contributed by atoms with van der Waals surface area (Å²) < 4.78 is 5.91. The molecule has 1 fully saturated rings. The number of amides is 1. The number of rotatable bonds is 4. The molecule has 2 atom stereocenters. The Morgan fingerprint density at radius 3 is 2.89 bits per heavy atom. The van der Waals surface area contributed by atoms with E-state index < -0.39 is 0 Å². The second kappa shape index (κ2) is 7.08. The van der Waals surface area contributed by atoms with Gasteiger partial charge in [0.2, 0.25) is 0 Å². The minimum atomic E-state index is 0.0622. The van der Waals surface area contributed by atoms with Gasteiger partial charge < -0.3 is 9.64 Å². The van der Waals surface area contributed by atoms with Gasteiger partial charge in [0, 0.05) is 29.8 Å². The highest BCUT2D eigenvalue weighted by Crippen LogP contribution is 2.43. The zero-order valence-electron chi connectivity index (χ0n) is 15.5. The van der Waals surface area contributed by atoms with Crippen molar-refractivity contribution < 1.29 is 9.53 Å². The van der Waals surface area contributed by atoms with Gasteiger partial charge in [0.25, 0.3) is 5.91 Å². The Balaban J connectivity index is 1.36. The lowest BCUT2D eigenvalue weighted by atomic mass is 9.98. The van der Waals surface area contributed by atoms with Crippen molar-refractivity contribution in [3.63, 3.8) is 0 Å². The Bertz CT molecular complexity index is 1010. The molecule has 2 aliphatic rings. The van der Waals surface area contributed by atoms with Gasteiger partial charge in [-0.05, 0) is 36.6 Å². The van der Waals surface area contributed by atoms with Crippen LogP contribution in [0.5, 0.6) is 5.75 Å². The number of carbonyl (C=O) groups is 1. The average Bonchev–Trinajstić information content (AvgIpc) is 3.07. The molecule has 0 N–H and O–H groups in total. The number of hydrogen-bond donors (Lipinski definition) is 0. The summed E-state index contributed by atoms with van der Waals surface area (Å²) in [4.78, 5) is 24.0. The lowest BCUT2D eigenvalue weighted by Gasteiger charge is -2.35. The van der Waals surface area contributed by atoms with Crippen LogP contribution in [0.15, 0.2) is 67.1 Å². The van der Waals surface area contributed by atoms with Crippen molar-refractivity contribution in [1.82, 2.24) is 14.9 Å². The number of benzene rings is 2. The molecule has 140 valence electrons. The van der Waals surface area contributed by atoms with Crippen LogP contribution in [-0.4, -0.2) is 26.8 Å². The largest absolute Gasteiger partial charge is 0.489 e. The highest BCUT2D eigenvalue weighted by molar-refractivity contribution is 5.95. The molecule has 1 saturated heterocycles. The molecule has 28 heavy (non-hydrogen) atoms. The Hall–Kier alpha value is -3.21. The molecule has 2 aliphatic heterocycles. The first-order valence-electron chi connectivity index (χ1n) is 9.68. The van der Waals surface area contributed by atoms with E-state index in [9.17, 15) is 4.79 Å². The number of ether oxygens (including phenoxy) is 1. The average molecular weight is 371 g/mol. The zero-order valence-corrected chi connectivity index (χ0v) is 15.5. The van der Waals surface area contributed by atoms with Gasteiger partial charge in [0.05, 0.1) is 11.7 Å². The molecule has 1 amide bonds. The van der Waals surface area contributed by atoms with Crippen LogP contribution < -0.4 is 4.74 Å². The first-order chi connectivity index (χ1) is 13.8. The van der Waals surface area contributed by atoms with Gasteiger partial charge in [-0.3, -0.25) is 4.79 Å². The Morgan fingerprint density at radius 2 is 2.00 bits per heavy atom. The van der Waals surface area contributed by atoms with E-state index in [0.717, 1.165) is 36.1 Å². The highest BCUT2D eigenvalue weighted by Gasteiger charge is 2.43. The molecule has 3 aromatic rings. The lowest BCUT2D eigenvalue weighted by molar-refractivity contribution is 0.0643. The molecular weight excluding hydrogens is 350 g/mol. The van der Waals surface area contributed by atoms with Crippen LogP contribution in [0.1, 0.15) is 46.1 Å². The fraction of sp³-hybridized carbons (Fsp3) is 0.261. The van der Waals surface area contributed by atoms with E-state index >= 15 is 0 Å². The minimum absolute atomic E-state index is 0.0622. The van der Waals surface area contributed by atoms with Gasteiger partial charge in [-0.1, -0.05) is 36.4 Å². The molecule has 0 radical (unpaired) electrons. The zero-order chi connectivity index (χ0) is 18.9. The fourth-order valence-electron chi connectivity index (χ4n) is 4.34. The third-order valence-electron chi connectivity index (χ3n) is 5.68. The number of hydrogen-bond acceptors (Lipinski definition) is 4. The molecule has 0 spiro atoms. The summed E-state index contributed by atoms with van der Waals surface area (Å²) in [7, 11) is 0. The van der Waals surface area contributed by atoms with Crippen molar-refractivity contribution in [2.24, 2.45) is 0 Å².